The first-order chi connectivity index (χ1) is 7.43. The number of hydrogen-bond acceptors (Lipinski definition) is 1. The molecule has 3 rings (SSSR count). The highest BCUT2D eigenvalue weighted by molar-refractivity contribution is 5.59. The smallest absolute Gasteiger partial charge is 0.127 e. The van der Waals surface area contributed by atoms with Crippen LogP contribution < -0.4 is 4.74 Å². The average molecular weight is 200 g/mol. The molecule has 0 amide bonds. The van der Waals surface area contributed by atoms with Crippen molar-refractivity contribution in [1.29, 1.82) is 0 Å². The minimum absolute atomic E-state index is 0.322. The third-order valence-corrected chi connectivity index (χ3v) is 3.51. The van der Waals surface area contributed by atoms with E-state index in [-0.39, 0.29) is 0 Å². The quantitative estimate of drug-likeness (QED) is 0.672. The molecular weight excluding hydrogens is 184 g/mol. The van der Waals surface area contributed by atoms with Gasteiger partial charge in [0.25, 0.3) is 0 Å². The molecule has 0 aromatic heterocycles. The summed E-state index contributed by atoms with van der Waals surface area (Å²) >= 11 is 0. The highest BCUT2D eigenvalue weighted by Crippen LogP contribution is 2.34. The number of benzene rings is 1. The summed E-state index contributed by atoms with van der Waals surface area (Å²) in [7, 11) is 0. The maximum Gasteiger partial charge on any atom is 0.127 e. The van der Waals surface area contributed by atoms with Crippen LogP contribution in [-0.2, 0) is 0 Å². The number of ether oxygens (including phenoxy) is 1. The molecule has 15 heavy (non-hydrogen) atoms. The lowest BCUT2D eigenvalue weighted by atomic mass is 9.97. The zero-order valence-electron chi connectivity index (χ0n) is 8.86. The summed E-state index contributed by atoms with van der Waals surface area (Å²) in [5.41, 5.74) is 1.21. The van der Waals surface area contributed by atoms with Crippen LogP contribution in [0.2, 0.25) is 0 Å². The Balaban J connectivity index is 1.82. The summed E-state index contributed by atoms with van der Waals surface area (Å²) in [5, 5.41) is 0. The zero-order chi connectivity index (χ0) is 10.1. The molecule has 1 unspecified atom stereocenters. The van der Waals surface area contributed by atoms with Crippen LogP contribution in [0.3, 0.4) is 0 Å². The van der Waals surface area contributed by atoms with Crippen molar-refractivity contribution in [3.8, 4) is 5.75 Å². The second-order valence-electron chi connectivity index (χ2n) is 4.52. The van der Waals surface area contributed by atoms with Crippen molar-refractivity contribution in [2.24, 2.45) is 5.92 Å². The fourth-order valence-electron chi connectivity index (χ4n) is 2.65. The van der Waals surface area contributed by atoms with Crippen LogP contribution in [0.15, 0.2) is 30.3 Å². The van der Waals surface area contributed by atoms with Crippen molar-refractivity contribution in [3.63, 3.8) is 0 Å². The normalized spacial score (nSPS) is 24.9. The Bertz CT molecular complexity index is 375. The average Bonchev–Trinajstić information content (AvgIpc) is 2.82. The van der Waals surface area contributed by atoms with Gasteiger partial charge in [0.15, 0.2) is 0 Å². The second-order valence-corrected chi connectivity index (χ2v) is 4.52. The lowest BCUT2D eigenvalue weighted by molar-refractivity contribution is 0.178. The van der Waals surface area contributed by atoms with E-state index in [0.717, 1.165) is 11.7 Å². The van der Waals surface area contributed by atoms with Crippen LogP contribution in [0.5, 0.6) is 5.75 Å². The first-order valence-corrected chi connectivity index (χ1v) is 5.87. The molecular formula is C14H16O. The predicted octanol–water partition coefficient (Wildman–Crippen LogP) is 3.65. The Morgan fingerprint density at radius 1 is 1.07 bits per heavy atom. The van der Waals surface area contributed by atoms with Gasteiger partial charge in [0.2, 0.25) is 0 Å². The Morgan fingerprint density at radius 2 is 1.87 bits per heavy atom. The molecule has 1 aliphatic heterocycles. The van der Waals surface area contributed by atoms with Crippen molar-refractivity contribution in [1.82, 2.24) is 0 Å². The highest BCUT2D eigenvalue weighted by Gasteiger charge is 2.26. The summed E-state index contributed by atoms with van der Waals surface area (Å²) in [5.74, 6) is 1.80. The molecule has 1 atom stereocenters. The van der Waals surface area contributed by atoms with E-state index in [1.807, 2.05) is 6.07 Å². The van der Waals surface area contributed by atoms with E-state index in [0.29, 0.717) is 6.10 Å². The molecule has 1 fully saturated rings. The maximum absolute atomic E-state index is 6.03. The van der Waals surface area contributed by atoms with Gasteiger partial charge in [0.1, 0.15) is 11.9 Å². The van der Waals surface area contributed by atoms with E-state index in [4.69, 9.17) is 4.74 Å². The lowest BCUT2D eigenvalue weighted by Gasteiger charge is -2.25. The van der Waals surface area contributed by atoms with Gasteiger partial charge in [-0.15, -0.1) is 0 Å². The molecule has 1 saturated carbocycles. The van der Waals surface area contributed by atoms with Gasteiger partial charge in [-0.3, -0.25) is 0 Å². The van der Waals surface area contributed by atoms with E-state index >= 15 is 0 Å². The monoisotopic (exact) mass is 200 g/mol. The van der Waals surface area contributed by atoms with Crippen molar-refractivity contribution in [2.75, 3.05) is 0 Å². The SMILES string of the molecule is C1=CC(C2CCCC2)Oc2ccccc21. The molecule has 78 valence electrons. The van der Waals surface area contributed by atoms with Crippen LogP contribution in [0, 0.1) is 5.92 Å². The number of rotatable bonds is 1. The number of para-hydroxylation sites is 1. The topological polar surface area (TPSA) is 9.23 Å². The van der Waals surface area contributed by atoms with Crippen molar-refractivity contribution in [2.45, 2.75) is 31.8 Å². The van der Waals surface area contributed by atoms with Gasteiger partial charge in [0.05, 0.1) is 0 Å². The third-order valence-electron chi connectivity index (χ3n) is 3.51. The van der Waals surface area contributed by atoms with E-state index in [9.17, 15) is 0 Å². The van der Waals surface area contributed by atoms with Crippen LogP contribution in [0.25, 0.3) is 6.08 Å². The summed E-state index contributed by atoms with van der Waals surface area (Å²) < 4.78 is 6.03. The zero-order valence-corrected chi connectivity index (χ0v) is 8.86. The molecule has 1 aromatic rings. The van der Waals surface area contributed by atoms with E-state index < -0.39 is 0 Å². The van der Waals surface area contributed by atoms with Crippen LogP contribution in [0.1, 0.15) is 31.2 Å². The third kappa shape index (κ3) is 1.67. The molecule has 2 aliphatic rings. The van der Waals surface area contributed by atoms with Crippen molar-refractivity contribution < 1.29 is 4.74 Å². The molecule has 0 spiro atoms. The molecule has 0 bridgehead atoms. The fourth-order valence-corrected chi connectivity index (χ4v) is 2.65. The van der Waals surface area contributed by atoms with E-state index in [2.05, 4.69) is 30.4 Å². The van der Waals surface area contributed by atoms with Gasteiger partial charge in [0, 0.05) is 5.56 Å². The highest BCUT2D eigenvalue weighted by atomic mass is 16.5. The van der Waals surface area contributed by atoms with Crippen LogP contribution in [0.4, 0.5) is 0 Å². The lowest BCUT2D eigenvalue weighted by Crippen LogP contribution is -2.24. The molecule has 0 saturated heterocycles. The van der Waals surface area contributed by atoms with Gasteiger partial charge in [-0.1, -0.05) is 37.1 Å². The van der Waals surface area contributed by atoms with Gasteiger partial charge < -0.3 is 4.74 Å². The summed E-state index contributed by atoms with van der Waals surface area (Å²) in [6.07, 6.45) is 10.2. The maximum atomic E-state index is 6.03. The fraction of sp³-hybridized carbons (Fsp3) is 0.429. The molecule has 1 nitrogen and oxygen atoms in total. The van der Waals surface area contributed by atoms with Gasteiger partial charge in [-0.05, 0) is 30.9 Å². The predicted molar refractivity (Wildman–Crippen MR) is 61.9 cm³/mol. The summed E-state index contributed by atoms with van der Waals surface area (Å²) in [6, 6.07) is 8.28. The summed E-state index contributed by atoms with van der Waals surface area (Å²) in [4.78, 5) is 0. The number of hydrogen-bond donors (Lipinski definition) is 0. The van der Waals surface area contributed by atoms with Gasteiger partial charge >= 0.3 is 0 Å². The minimum Gasteiger partial charge on any atom is -0.485 e. The molecule has 0 N–H and O–H groups in total. The van der Waals surface area contributed by atoms with E-state index in [1.54, 1.807) is 0 Å². The van der Waals surface area contributed by atoms with Crippen molar-refractivity contribution in [3.05, 3.63) is 35.9 Å². The summed E-state index contributed by atoms with van der Waals surface area (Å²) in [6.45, 7) is 0. The first-order valence-electron chi connectivity index (χ1n) is 5.87. The Morgan fingerprint density at radius 3 is 2.73 bits per heavy atom. The molecule has 1 aromatic carbocycles. The van der Waals surface area contributed by atoms with Gasteiger partial charge in [-0.2, -0.15) is 0 Å². The first kappa shape index (κ1) is 9.02. The van der Waals surface area contributed by atoms with Crippen molar-refractivity contribution >= 4 is 6.08 Å². The molecule has 1 heterocycles. The van der Waals surface area contributed by atoms with Crippen LogP contribution >= 0.6 is 0 Å². The largest absolute Gasteiger partial charge is 0.485 e. The molecule has 1 heteroatoms. The Kier molecular flexibility index (Phi) is 2.24. The van der Waals surface area contributed by atoms with Gasteiger partial charge in [-0.25, -0.2) is 0 Å². The standard InChI is InChI=1S/C14H16O/c1-2-6-11(5-1)14-10-9-12-7-3-4-8-13(12)15-14/h3-4,7-11,14H,1-2,5-6H2. The molecule has 1 aliphatic carbocycles. The Hall–Kier alpha value is -1.24. The van der Waals surface area contributed by atoms with E-state index in [1.165, 1.54) is 31.2 Å². The number of fused-ring (bicyclic) bond motifs is 1. The molecule has 0 radical (unpaired) electrons. The Labute approximate surface area is 90.8 Å². The second kappa shape index (κ2) is 3.73. The minimum atomic E-state index is 0.322. The van der Waals surface area contributed by atoms with Crippen LogP contribution in [-0.4, -0.2) is 6.10 Å².